The van der Waals surface area contributed by atoms with Gasteiger partial charge in [0.15, 0.2) is 0 Å². The summed E-state index contributed by atoms with van der Waals surface area (Å²) in [4.78, 5) is 13.7. The molecule has 0 atom stereocenters. The summed E-state index contributed by atoms with van der Waals surface area (Å²) in [7, 11) is 0. The normalized spacial score (nSPS) is 19.0. The maximum Gasteiger partial charge on any atom is 0.240 e. The van der Waals surface area contributed by atoms with Crippen molar-refractivity contribution < 1.29 is 4.79 Å². The third-order valence-electron chi connectivity index (χ3n) is 2.56. The van der Waals surface area contributed by atoms with Crippen LogP contribution in [0, 0.1) is 5.41 Å². The van der Waals surface area contributed by atoms with Crippen LogP contribution in [0.5, 0.6) is 0 Å². The minimum absolute atomic E-state index is 0.0839. The Hall–Kier alpha value is -0.610. The SMILES string of the molecule is CC(C)(CN1CCCC1)C(=O)NN. The van der Waals surface area contributed by atoms with Gasteiger partial charge in [0.2, 0.25) is 5.91 Å². The number of hydrazine groups is 1. The molecule has 3 N–H and O–H groups in total. The standard InChI is InChI=1S/C9H19N3O/c1-9(2,8(13)11-10)7-12-5-3-4-6-12/h3-7,10H2,1-2H3,(H,11,13). The maximum absolute atomic E-state index is 11.4. The molecule has 1 fully saturated rings. The van der Waals surface area contributed by atoms with E-state index < -0.39 is 0 Å². The molecule has 0 aliphatic carbocycles. The number of likely N-dealkylation sites (tertiary alicyclic amines) is 1. The van der Waals surface area contributed by atoms with E-state index in [4.69, 9.17) is 5.84 Å². The zero-order valence-corrected chi connectivity index (χ0v) is 8.47. The first-order valence-electron chi connectivity index (χ1n) is 4.80. The van der Waals surface area contributed by atoms with Crippen molar-refractivity contribution in [1.82, 2.24) is 10.3 Å². The van der Waals surface area contributed by atoms with E-state index in [0.29, 0.717) is 0 Å². The molecular formula is C9H19N3O. The monoisotopic (exact) mass is 185 g/mol. The van der Waals surface area contributed by atoms with Crippen LogP contribution in [0.25, 0.3) is 0 Å². The van der Waals surface area contributed by atoms with Gasteiger partial charge in [-0.05, 0) is 39.8 Å². The van der Waals surface area contributed by atoms with Gasteiger partial charge in [-0.15, -0.1) is 0 Å². The largest absolute Gasteiger partial charge is 0.302 e. The molecule has 76 valence electrons. The molecule has 1 aliphatic heterocycles. The summed E-state index contributed by atoms with van der Waals surface area (Å²) in [5.74, 6) is 5.03. The predicted octanol–water partition coefficient (Wildman–Crippen LogP) is 0.0983. The molecule has 1 heterocycles. The van der Waals surface area contributed by atoms with Crippen LogP contribution in [-0.2, 0) is 4.79 Å². The lowest BCUT2D eigenvalue weighted by Crippen LogP contribution is -2.46. The first kappa shape index (κ1) is 10.5. The number of nitrogens with zero attached hydrogens (tertiary/aromatic N) is 1. The molecular weight excluding hydrogens is 166 g/mol. The van der Waals surface area contributed by atoms with Crippen LogP contribution in [0.15, 0.2) is 0 Å². The van der Waals surface area contributed by atoms with E-state index in [1.807, 2.05) is 13.8 Å². The molecule has 0 bridgehead atoms. The number of carbonyl (C=O) groups excluding carboxylic acids is 1. The average Bonchev–Trinajstić information content (AvgIpc) is 2.54. The number of nitrogens with one attached hydrogen (secondary N) is 1. The van der Waals surface area contributed by atoms with Crippen LogP contribution in [0.1, 0.15) is 26.7 Å². The van der Waals surface area contributed by atoms with Gasteiger partial charge >= 0.3 is 0 Å². The minimum atomic E-state index is -0.376. The highest BCUT2D eigenvalue weighted by Crippen LogP contribution is 2.19. The topological polar surface area (TPSA) is 58.4 Å². The van der Waals surface area contributed by atoms with E-state index in [1.54, 1.807) is 0 Å². The second-order valence-electron chi connectivity index (χ2n) is 4.34. The Labute approximate surface area is 79.4 Å². The summed E-state index contributed by atoms with van der Waals surface area (Å²) in [6.45, 7) is 6.87. The summed E-state index contributed by atoms with van der Waals surface area (Å²) in [6, 6.07) is 0. The van der Waals surface area contributed by atoms with Crippen molar-refractivity contribution in [3.05, 3.63) is 0 Å². The minimum Gasteiger partial charge on any atom is -0.302 e. The van der Waals surface area contributed by atoms with Gasteiger partial charge < -0.3 is 4.90 Å². The summed E-state index contributed by atoms with van der Waals surface area (Å²) in [5.41, 5.74) is 1.84. The van der Waals surface area contributed by atoms with Gasteiger partial charge in [0.05, 0.1) is 5.41 Å². The van der Waals surface area contributed by atoms with Crippen molar-refractivity contribution >= 4 is 5.91 Å². The van der Waals surface area contributed by atoms with E-state index in [-0.39, 0.29) is 11.3 Å². The summed E-state index contributed by atoms with van der Waals surface area (Å²) in [5, 5.41) is 0. The van der Waals surface area contributed by atoms with E-state index in [0.717, 1.165) is 19.6 Å². The molecule has 1 rings (SSSR count). The summed E-state index contributed by atoms with van der Waals surface area (Å²) < 4.78 is 0. The lowest BCUT2D eigenvalue weighted by Gasteiger charge is -2.27. The van der Waals surface area contributed by atoms with Crippen LogP contribution in [0.3, 0.4) is 0 Å². The van der Waals surface area contributed by atoms with Gasteiger partial charge in [-0.3, -0.25) is 10.2 Å². The molecule has 1 amide bonds. The second kappa shape index (κ2) is 4.07. The van der Waals surface area contributed by atoms with Crippen molar-refractivity contribution in [3.63, 3.8) is 0 Å². The average molecular weight is 185 g/mol. The molecule has 0 radical (unpaired) electrons. The van der Waals surface area contributed by atoms with Gasteiger partial charge in [-0.2, -0.15) is 0 Å². The van der Waals surface area contributed by atoms with E-state index in [9.17, 15) is 4.79 Å². The number of amides is 1. The lowest BCUT2D eigenvalue weighted by molar-refractivity contribution is -0.130. The number of rotatable bonds is 3. The van der Waals surface area contributed by atoms with Gasteiger partial charge in [0.1, 0.15) is 0 Å². The predicted molar refractivity (Wildman–Crippen MR) is 51.8 cm³/mol. The van der Waals surface area contributed by atoms with Crippen molar-refractivity contribution in [2.75, 3.05) is 19.6 Å². The molecule has 4 nitrogen and oxygen atoms in total. The molecule has 1 aliphatic rings. The zero-order valence-electron chi connectivity index (χ0n) is 8.47. The van der Waals surface area contributed by atoms with Gasteiger partial charge in [0.25, 0.3) is 0 Å². The molecule has 0 aromatic carbocycles. The second-order valence-corrected chi connectivity index (χ2v) is 4.34. The number of carbonyl (C=O) groups is 1. The molecule has 4 heteroatoms. The van der Waals surface area contributed by atoms with Crippen molar-refractivity contribution in [1.29, 1.82) is 0 Å². The molecule has 13 heavy (non-hydrogen) atoms. The Morgan fingerprint density at radius 1 is 1.46 bits per heavy atom. The Morgan fingerprint density at radius 3 is 2.46 bits per heavy atom. The highest BCUT2D eigenvalue weighted by atomic mass is 16.2. The third-order valence-corrected chi connectivity index (χ3v) is 2.56. The number of hydrogen-bond acceptors (Lipinski definition) is 3. The Bertz CT molecular complexity index is 185. The summed E-state index contributed by atoms with van der Waals surface area (Å²) in [6.07, 6.45) is 2.50. The molecule has 0 aromatic heterocycles. The molecule has 0 aromatic rings. The van der Waals surface area contributed by atoms with Gasteiger partial charge in [-0.1, -0.05) is 0 Å². The quantitative estimate of drug-likeness (QED) is 0.372. The smallest absolute Gasteiger partial charge is 0.240 e. The van der Waals surface area contributed by atoms with Crippen molar-refractivity contribution in [2.45, 2.75) is 26.7 Å². The molecule has 0 spiro atoms. The third kappa shape index (κ3) is 2.67. The zero-order chi connectivity index (χ0) is 9.90. The van der Waals surface area contributed by atoms with E-state index in [2.05, 4.69) is 10.3 Å². The fourth-order valence-electron chi connectivity index (χ4n) is 1.77. The fourth-order valence-corrected chi connectivity index (χ4v) is 1.77. The Morgan fingerprint density at radius 2 is 2.00 bits per heavy atom. The molecule has 0 unspecified atom stereocenters. The van der Waals surface area contributed by atoms with Crippen molar-refractivity contribution in [2.24, 2.45) is 11.3 Å². The molecule has 1 saturated heterocycles. The van der Waals surface area contributed by atoms with Crippen LogP contribution in [0.4, 0.5) is 0 Å². The van der Waals surface area contributed by atoms with Gasteiger partial charge in [0, 0.05) is 6.54 Å². The van der Waals surface area contributed by atoms with Crippen LogP contribution >= 0.6 is 0 Å². The molecule has 0 saturated carbocycles. The van der Waals surface area contributed by atoms with E-state index >= 15 is 0 Å². The Kier molecular flexibility index (Phi) is 3.27. The van der Waals surface area contributed by atoms with Crippen LogP contribution in [0.2, 0.25) is 0 Å². The fraction of sp³-hybridized carbons (Fsp3) is 0.889. The van der Waals surface area contributed by atoms with Crippen LogP contribution in [-0.4, -0.2) is 30.4 Å². The first-order chi connectivity index (χ1) is 6.06. The van der Waals surface area contributed by atoms with Gasteiger partial charge in [-0.25, -0.2) is 5.84 Å². The Balaban J connectivity index is 2.44. The lowest BCUT2D eigenvalue weighted by atomic mass is 9.92. The van der Waals surface area contributed by atoms with Crippen molar-refractivity contribution in [3.8, 4) is 0 Å². The maximum atomic E-state index is 11.4. The van der Waals surface area contributed by atoms with Crippen LogP contribution < -0.4 is 11.3 Å². The van der Waals surface area contributed by atoms with E-state index in [1.165, 1.54) is 12.8 Å². The summed E-state index contributed by atoms with van der Waals surface area (Å²) >= 11 is 0. The first-order valence-corrected chi connectivity index (χ1v) is 4.80. The highest BCUT2D eigenvalue weighted by Gasteiger charge is 2.30. The number of nitrogens with two attached hydrogens (primary N) is 1. The highest BCUT2D eigenvalue weighted by molar-refractivity contribution is 5.81. The number of hydrogen-bond donors (Lipinski definition) is 2.